The molecule has 23 heavy (non-hydrogen) atoms. The van der Waals surface area contributed by atoms with Gasteiger partial charge in [0.05, 0.1) is 12.1 Å². The maximum atomic E-state index is 5.73. The monoisotopic (exact) mass is 319 g/mol. The molecule has 0 aliphatic carbocycles. The van der Waals surface area contributed by atoms with Gasteiger partial charge < -0.3 is 4.42 Å². The third-order valence-corrected chi connectivity index (χ3v) is 4.33. The van der Waals surface area contributed by atoms with Gasteiger partial charge in [-0.3, -0.25) is 0 Å². The summed E-state index contributed by atoms with van der Waals surface area (Å²) in [6.45, 7) is 0. The molecule has 0 aliphatic rings. The van der Waals surface area contributed by atoms with E-state index in [4.69, 9.17) is 4.42 Å². The van der Waals surface area contributed by atoms with Crippen LogP contribution in [0, 0.1) is 0 Å². The fourth-order valence-electron chi connectivity index (χ4n) is 2.28. The fraction of sp³-hybridized carbons (Fsp3) is 0.0556. The van der Waals surface area contributed by atoms with E-state index < -0.39 is 0 Å². The molecule has 0 fully saturated rings. The van der Waals surface area contributed by atoms with Gasteiger partial charge in [0, 0.05) is 16.5 Å². The van der Waals surface area contributed by atoms with Crippen LogP contribution in [-0.2, 0) is 6.42 Å². The zero-order valence-electron chi connectivity index (χ0n) is 12.2. The van der Waals surface area contributed by atoms with Crippen LogP contribution in [0.15, 0.2) is 70.5 Å². The highest BCUT2D eigenvalue weighted by Gasteiger charge is 2.11. The van der Waals surface area contributed by atoms with Gasteiger partial charge in [0.15, 0.2) is 0 Å². The van der Waals surface area contributed by atoms with Crippen LogP contribution < -0.4 is 0 Å². The van der Waals surface area contributed by atoms with Gasteiger partial charge in [0.25, 0.3) is 0 Å². The first-order valence-corrected chi connectivity index (χ1v) is 8.14. The van der Waals surface area contributed by atoms with E-state index in [0.717, 1.165) is 21.8 Å². The molecule has 4 nitrogen and oxygen atoms in total. The van der Waals surface area contributed by atoms with Gasteiger partial charge >= 0.3 is 0 Å². The Hall–Kier alpha value is -2.79. The lowest BCUT2D eigenvalue weighted by Crippen LogP contribution is -1.88. The molecule has 0 bridgehead atoms. The topological polar surface area (TPSA) is 51.8 Å². The SMILES string of the molecule is c1ccc(-c2nnc(Cc3csc(-c4ccccc4)n3)o2)cc1. The molecular weight excluding hydrogens is 306 g/mol. The Balaban J connectivity index is 1.53. The van der Waals surface area contributed by atoms with Crippen molar-refractivity contribution >= 4 is 11.3 Å². The van der Waals surface area contributed by atoms with E-state index >= 15 is 0 Å². The van der Waals surface area contributed by atoms with E-state index in [1.165, 1.54) is 0 Å². The van der Waals surface area contributed by atoms with Crippen LogP contribution in [0.25, 0.3) is 22.0 Å². The number of hydrogen-bond donors (Lipinski definition) is 0. The summed E-state index contributed by atoms with van der Waals surface area (Å²) in [7, 11) is 0. The van der Waals surface area contributed by atoms with Crippen molar-refractivity contribution in [1.29, 1.82) is 0 Å². The Morgan fingerprint density at radius 2 is 1.52 bits per heavy atom. The van der Waals surface area contributed by atoms with Crippen LogP contribution in [0.3, 0.4) is 0 Å². The van der Waals surface area contributed by atoms with Crippen molar-refractivity contribution in [3.05, 3.63) is 77.6 Å². The van der Waals surface area contributed by atoms with Crippen LogP contribution in [0.4, 0.5) is 0 Å². The first kappa shape index (κ1) is 13.8. The largest absolute Gasteiger partial charge is 0.420 e. The molecule has 0 atom stereocenters. The Morgan fingerprint density at radius 3 is 2.26 bits per heavy atom. The zero-order valence-corrected chi connectivity index (χ0v) is 13.0. The summed E-state index contributed by atoms with van der Waals surface area (Å²) in [5.74, 6) is 1.12. The smallest absolute Gasteiger partial charge is 0.247 e. The molecule has 0 unspecified atom stereocenters. The van der Waals surface area contributed by atoms with Crippen LogP contribution >= 0.6 is 11.3 Å². The van der Waals surface area contributed by atoms with Crippen LogP contribution in [-0.4, -0.2) is 15.2 Å². The number of hydrogen-bond acceptors (Lipinski definition) is 5. The van der Waals surface area contributed by atoms with Crippen molar-refractivity contribution in [2.24, 2.45) is 0 Å². The molecule has 4 rings (SSSR count). The lowest BCUT2D eigenvalue weighted by molar-refractivity contribution is 0.516. The summed E-state index contributed by atoms with van der Waals surface area (Å²) in [6, 6.07) is 19.9. The highest BCUT2D eigenvalue weighted by Crippen LogP contribution is 2.25. The molecule has 2 aromatic heterocycles. The number of benzene rings is 2. The van der Waals surface area contributed by atoms with Gasteiger partial charge in [0.2, 0.25) is 11.8 Å². The minimum Gasteiger partial charge on any atom is -0.420 e. The standard InChI is InChI=1S/C18H13N3OS/c1-3-7-13(8-4-1)17-21-20-16(22-17)11-15-12-23-18(19-15)14-9-5-2-6-10-14/h1-10,12H,11H2. The highest BCUT2D eigenvalue weighted by molar-refractivity contribution is 7.13. The summed E-state index contributed by atoms with van der Waals surface area (Å²) in [5, 5.41) is 11.3. The van der Waals surface area contributed by atoms with Crippen molar-refractivity contribution in [3.63, 3.8) is 0 Å². The average molecular weight is 319 g/mol. The van der Waals surface area contributed by atoms with Crippen molar-refractivity contribution in [3.8, 4) is 22.0 Å². The van der Waals surface area contributed by atoms with Gasteiger partial charge in [-0.1, -0.05) is 48.5 Å². The Kier molecular flexibility index (Phi) is 3.70. The molecule has 0 aliphatic heterocycles. The summed E-state index contributed by atoms with van der Waals surface area (Å²) < 4.78 is 5.73. The van der Waals surface area contributed by atoms with Gasteiger partial charge in [-0.05, 0) is 12.1 Å². The molecular formula is C18H13N3OS. The lowest BCUT2D eigenvalue weighted by atomic mass is 10.2. The minimum atomic E-state index is 0.541. The maximum absolute atomic E-state index is 5.73. The van der Waals surface area contributed by atoms with E-state index in [1.807, 2.05) is 53.9 Å². The molecule has 2 aromatic carbocycles. The third-order valence-electron chi connectivity index (χ3n) is 3.39. The zero-order chi connectivity index (χ0) is 15.5. The second-order valence-electron chi connectivity index (χ2n) is 5.05. The quantitative estimate of drug-likeness (QED) is 0.557. The van der Waals surface area contributed by atoms with E-state index in [9.17, 15) is 0 Å². The maximum Gasteiger partial charge on any atom is 0.247 e. The lowest BCUT2D eigenvalue weighted by Gasteiger charge is -1.94. The van der Waals surface area contributed by atoms with Crippen LogP contribution in [0.5, 0.6) is 0 Å². The van der Waals surface area contributed by atoms with E-state index in [-0.39, 0.29) is 0 Å². The van der Waals surface area contributed by atoms with E-state index in [1.54, 1.807) is 11.3 Å². The summed E-state index contributed by atoms with van der Waals surface area (Å²) in [5.41, 5.74) is 2.99. The predicted octanol–water partition coefficient (Wildman–Crippen LogP) is 4.45. The van der Waals surface area contributed by atoms with Crippen molar-refractivity contribution in [2.45, 2.75) is 6.42 Å². The van der Waals surface area contributed by atoms with E-state index in [2.05, 4.69) is 27.3 Å². The third kappa shape index (κ3) is 3.05. The van der Waals surface area contributed by atoms with Gasteiger partial charge in [-0.25, -0.2) is 4.98 Å². The van der Waals surface area contributed by atoms with Crippen molar-refractivity contribution < 1.29 is 4.42 Å². The van der Waals surface area contributed by atoms with Gasteiger partial charge in [0.1, 0.15) is 5.01 Å². The van der Waals surface area contributed by atoms with Gasteiger partial charge in [-0.2, -0.15) is 0 Å². The summed E-state index contributed by atoms with van der Waals surface area (Å²) in [6.07, 6.45) is 0.545. The number of thiazole rings is 1. The number of rotatable bonds is 4. The Bertz CT molecular complexity index is 824. The molecule has 0 N–H and O–H groups in total. The van der Waals surface area contributed by atoms with Crippen LogP contribution in [0.1, 0.15) is 11.6 Å². The average Bonchev–Trinajstić information content (AvgIpc) is 3.27. The normalized spacial score (nSPS) is 10.8. The first-order chi connectivity index (χ1) is 11.4. The number of nitrogens with zero attached hydrogens (tertiary/aromatic N) is 3. The Morgan fingerprint density at radius 1 is 0.826 bits per heavy atom. The summed E-state index contributed by atoms with van der Waals surface area (Å²) in [4.78, 5) is 4.65. The predicted molar refractivity (Wildman–Crippen MR) is 90.1 cm³/mol. The molecule has 2 heterocycles. The molecule has 0 radical (unpaired) electrons. The fourth-order valence-corrected chi connectivity index (χ4v) is 3.10. The Labute approximate surface area is 137 Å². The van der Waals surface area contributed by atoms with Gasteiger partial charge in [-0.15, -0.1) is 21.5 Å². The second-order valence-corrected chi connectivity index (χ2v) is 5.91. The highest BCUT2D eigenvalue weighted by atomic mass is 32.1. The molecule has 0 saturated heterocycles. The van der Waals surface area contributed by atoms with Crippen molar-refractivity contribution in [2.75, 3.05) is 0 Å². The molecule has 0 amide bonds. The minimum absolute atomic E-state index is 0.541. The number of aromatic nitrogens is 3. The van der Waals surface area contributed by atoms with E-state index in [0.29, 0.717) is 18.2 Å². The summed E-state index contributed by atoms with van der Waals surface area (Å²) >= 11 is 1.62. The molecule has 112 valence electrons. The first-order valence-electron chi connectivity index (χ1n) is 7.26. The molecule has 0 spiro atoms. The molecule has 5 heteroatoms. The molecule has 0 saturated carbocycles. The van der Waals surface area contributed by atoms with Crippen LogP contribution in [0.2, 0.25) is 0 Å². The van der Waals surface area contributed by atoms with Crippen molar-refractivity contribution in [1.82, 2.24) is 15.2 Å². The molecule has 4 aromatic rings. The second kappa shape index (κ2) is 6.14.